The second-order valence-corrected chi connectivity index (χ2v) is 5.22. The summed E-state index contributed by atoms with van der Waals surface area (Å²) in [5, 5.41) is 0. The topological polar surface area (TPSA) is 37.4 Å². The zero-order valence-corrected chi connectivity index (χ0v) is 9.85. The number of benzene rings is 1. The van der Waals surface area contributed by atoms with Crippen LogP contribution in [0.2, 0.25) is 0 Å². The molecule has 3 nitrogen and oxygen atoms in total. The van der Waals surface area contributed by atoms with Gasteiger partial charge in [0.2, 0.25) is 10.0 Å². The smallest absolute Gasteiger partial charge is 0.207 e. The van der Waals surface area contributed by atoms with E-state index in [0.29, 0.717) is 0 Å². The van der Waals surface area contributed by atoms with Gasteiger partial charge in [-0.3, -0.25) is 0 Å². The second kappa shape index (κ2) is 4.37. The largest absolute Gasteiger partial charge is 0.243 e. The van der Waals surface area contributed by atoms with Gasteiger partial charge in [0.25, 0.3) is 0 Å². The molecule has 1 aromatic carbocycles. The van der Waals surface area contributed by atoms with E-state index in [9.17, 15) is 12.8 Å². The summed E-state index contributed by atoms with van der Waals surface area (Å²) in [7, 11) is -2.05. The summed E-state index contributed by atoms with van der Waals surface area (Å²) in [4.78, 5) is 0.0841. The van der Waals surface area contributed by atoms with E-state index in [4.69, 9.17) is 0 Å². The molecule has 14 heavy (non-hydrogen) atoms. The van der Waals surface area contributed by atoms with Gasteiger partial charge in [0.15, 0.2) is 0 Å². The fourth-order valence-electron chi connectivity index (χ4n) is 0.851. The van der Waals surface area contributed by atoms with Gasteiger partial charge in [-0.15, -0.1) is 0 Å². The normalized spacial score (nSPS) is 12.0. The second-order valence-electron chi connectivity index (χ2n) is 2.68. The van der Waals surface area contributed by atoms with Crippen molar-refractivity contribution >= 4 is 26.0 Å². The highest BCUT2D eigenvalue weighted by molar-refractivity contribution is 9.09. The highest BCUT2D eigenvalue weighted by atomic mass is 79.9. The first kappa shape index (κ1) is 11.6. The van der Waals surface area contributed by atoms with Crippen LogP contribution in [0, 0.1) is 5.82 Å². The van der Waals surface area contributed by atoms with Crippen LogP contribution in [-0.2, 0) is 10.0 Å². The average Bonchev–Trinajstić information content (AvgIpc) is 2.17. The summed E-state index contributed by atoms with van der Waals surface area (Å²) >= 11 is 3.04. The van der Waals surface area contributed by atoms with Crippen molar-refractivity contribution < 1.29 is 12.8 Å². The zero-order chi connectivity index (χ0) is 10.8. The molecule has 78 valence electrons. The number of halogens is 2. The first-order valence-corrected chi connectivity index (χ1v) is 6.32. The molecule has 0 saturated heterocycles. The maximum absolute atomic E-state index is 12.5. The summed E-state index contributed by atoms with van der Waals surface area (Å²) in [6.07, 6.45) is 0. The lowest BCUT2D eigenvalue weighted by Gasteiger charge is -2.13. The fraction of sp³-hybridized carbons (Fsp3) is 0.250. The van der Waals surface area contributed by atoms with Gasteiger partial charge in [0.05, 0.1) is 10.3 Å². The van der Waals surface area contributed by atoms with Gasteiger partial charge in [-0.05, 0) is 24.3 Å². The molecule has 0 unspecified atom stereocenters. The van der Waals surface area contributed by atoms with Crippen LogP contribution in [0.25, 0.3) is 0 Å². The van der Waals surface area contributed by atoms with Crippen LogP contribution in [0.4, 0.5) is 4.39 Å². The van der Waals surface area contributed by atoms with Crippen molar-refractivity contribution in [3.63, 3.8) is 0 Å². The van der Waals surface area contributed by atoms with Gasteiger partial charge < -0.3 is 0 Å². The standard InChI is InChI=1S/C8H9BrFNO2S/c1-11(6-9)14(12,13)8-4-2-7(10)3-5-8/h2-5H,6H2,1H3. The molecule has 0 atom stereocenters. The fourth-order valence-corrected chi connectivity index (χ4v) is 2.63. The number of hydrogen-bond acceptors (Lipinski definition) is 2. The molecule has 1 aromatic rings. The molecule has 0 heterocycles. The average molecular weight is 282 g/mol. The lowest BCUT2D eigenvalue weighted by atomic mass is 10.4. The SMILES string of the molecule is CN(CBr)S(=O)(=O)c1ccc(F)cc1. The molecule has 0 spiro atoms. The van der Waals surface area contributed by atoms with Crippen molar-refractivity contribution in [2.75, 3.05) is 12.5 Å². The lowest BCUT2D eigenvalue weighted by Crippen LogP contribution is -2.25. The molecule has 1 rings (SSSR count). The molecular weight excluding hydrogens is 273 g/mol. The van der Waals surface area contributed by atoms with E-state index >= 15 is 0 Å². The first-order chi connectivity index (χ1) is 6.48. The maximum atomic E-state index is 12.5. The third-order valence-corrected chi connectivity index (χ3v) is 4.59. The van der Waals surface area contributed by atoms with E-state index in [-0.39, 0.29) is 10.3 Å². The molecule has 0 amide bonds. The van der Waals surface area contributed by atoms with E-state index < -0.39 is 15.8 Å². The molecule has 0 radical (unpaired) electrons. The molecule has 6 heteroatoms. The van der Waals surface area contributed by atoms with Gasteiger partial charge in [0.1, 0.15) is 5.82 Å². The number of alkyl halides is 1. The molecule has 0 aliphatic carbocycles. The Bertz CT molecular complexity index is 404. The van der Waals surface area contributed by atoms with Crippen LogP contribution in [0.5, 0.6) is 0 Å². The summed E-state index contributed by atoms with van der Waals surface area (Å²) in [5.41, 5.74) is 0.201. The third-order valence-electron chi connectivity index (χ3n) is 1.69. The van der Waals surface area contributed by atoms with Gasteiger partial charge in [-0.1, -0.05) is 15.9 Å². The van der Waals surface area contributed by atoms with E-state index in [2.05, 4.69) is 15.9 Å². The Labute approximate surface area is 90.7 Å². The Hall–Kier alpha value is -0.460. The highest BCUT2D eigenvalue weighted by Crippen LogP contribution is 2.15. The monoisotopic (exact) mass is 281 g/mol. The van der Waals surface area contributed by atoms with E-state index in [1.807, 2.05) is 0 Å². The Kier molecular flexibility index (Phi) is 3.63. The maximum Gasteiger partial charge on any atom is 0.243 e. The molecule has 0 bridgehead atoms. The Balaban J connectivity index is 3.11. The van der Waals surface area contributed by atoms with Crippen LogP contribution < -0.4 is 0 Å². The minimum absolute atomic E-state index is 0.0841. The lowest BCUT2D eigenvalue weighted by molar-refractivity contribution is 0.514. The quantitative estimate of drug-likeness (QED) is 0.626. The highest BCUT2D eigenvalue weighted by Gasteiger charge is 2.19. The van der Waals surface area contributed by atoms with E-state index in [0.717, 1.165) is 16.4 Å². The number of rotatable bonds is 3. The number of hydrogen-bond donors (Lipinski definition) is 0. The summed E-state index contributed by atoms with van der Waals surface area (Å²) < 4.78 is 37.0. The number of nitrogens with zero attached hydrogens (tertiary/aromatic N) is 1. The van der Waals surface area contributed by atoms with E-state index in [1.165, 1.54) is 19.2 Å². The molecule has 0 aliphatic rings. The van der Waals surface area contributed by atoms with Crippen molar-refractivity contribution in [3.8, 4) is 0 Å². The Morgan fingerprint density at radius 3 is 2.29 bits per heavy atom. The summed E-state index contributed by atoms with van der Waals surface area (Å²) in [5.74, 6) is -0.453. The number of sulfonamides is 1. The van der Waals surface area contributed by atoms with Crippen LogP contribution in [0.1, 0.15) is 0 Å². The molecule has 0 N–H and O–H groups in total. The van der Waals surface area contributed by atoms with Crippen LogP contribution in [0.15, 0.2) is 29.2 Å². The zero-order valence-electron chi connectivity index (χ0n) is 7.44. The van der Waals surface area contributed by atoms with Gasteiger partial charge in [0, 0.05) is 7.05 Å². The van der Waals surface area contributed by atoms with E-state index in [1.54, 1.807) is 0 Å². The first-order valence-electron chi connectivity index (χ1n) is 3.76. The minimum Gasteiger partial charge on any atom is -0.207 e. The summed E-state index contributed by atoms with van der Waals surface area (Å²) in [6.45, 7) is 0. The van der Waals surface area contributed by atoms with Gasteiger partial charge >= 0.3 is 0 Å². The van der Waals surface area contributed by atoms with Gasteiger partial charge in [-0.2, -0.15) is 4.31 Å². The Morgan fingerprint density at radius 1 is 1.36 bits per heavy atom. The van der Waals surface area contributed by atoms with Crippen LogP contribution in [0.3, 0.4) is 0 Å². The molecular formula is C8H9BrFNO2S. The summed E-state index contributed by atoms with van der Waals surface area (Å²) in [6, 6.07) is 4.72. The van der Waals surface area contributed by atoms with Gasteiger partial charge in [-0.25, -0.2) is 12.8 Å². The van der Waals surface area contributed by atoms with Crippen molar-refractivity contribution in [3.05, 3.63) is 30.1 Å². The predicted molar refractivity (Wildman–Crippen MR) is 55.1 cm³/mol. The molecule has 0 aliphatic heterocycles. The predicted octanol–water partition coefficient (Wildman–Crippen LogP) is 1.80. The van der Waals surface area contributed by atoms with Crippen LogP contribution >= 0.6 is 15.9 Å². The molecule has 0 aromatic heterocycles. The van der Waals surface area contributed by atoms with Crippen molar-refractivity contribution in [2.45, 2.75) is 4.90 Å². The third kappa shape index (κ3) is 2.31. The van der Waals surface area contributed by atoms with Crippen LogP contribution in [-0.4, -0.2) is 25.2 Å². The Morgan fingerprint density at radius 2 is 1.86 bits per heavy atom. The van der Waals surface area contributed by atoms with Crippen molar-refractivity contribution in [1.82, 2.24) is 4.31 Å². The van der Waals surface area contributed by atoms with Crippen molar-refractivity contribution in [2.24, 2.45) is 0 Å². The molecule has 0 saturated carbocycles. The molecule has 0 fully saturated rings. The van der Waals surface area contributed by atoms with Crippen molar-refractivity contribution in [1.29, 1.82) is 0 Å². The minimum atomic E-state index is -3.49.